The van der Waals surface area contributed by atoms with Crippen LogP contribution in [-0.2, 0) is 9.53 Å². The number of nitrogens with zero attached hydrogens (tertiary/aromatic N) is 1. The number of nitrogens with one attached hydrogen (secondary N) is 2. The molecule has 0 saturated heterocycles. The molecule has 0 bridgehead atoms. The highest BCUT2D eigenvalue weighted by molar-refractivity contribution is 6.05. The first-order valence-corrected chi connectivity index (χ1v) is 6.16. The van der Waals surface area contributed by atoms with Crippen molar-refractivity contribution in [3.05, 3.63) is 29.3 Å². The number of hydrogen-bond acceptors (Lipinski definition) is 4. The number of methoxy groups -OCH3 is 1. The van der Waals surface area contributed by atoms with Gasteiger partial charge in [-0.05, 0) is 38.0 Å². The fourth-order valence-corrected chi connectivity index (χ4v) is 1.52. The molecule has 0 spiro atoms. The Morgan fingerprint density at radius 2 is 2.00 bits per heavy atom. The molecule has 0 radical (unpaired) electrons. The van der Waals surface area contributed by atoms with Gasteiger partial charge in [-0.1, -0.05) is 12.1 Å². The molecule has 0 aliphatic carbocycles. The fourth-order valence-electron chi connectivity index (χ4n) is 1.52. The minimum Gasteiger partial charge on any atom is -0.452 e. The van der Waals surface area contributed by atoms with Crippen LogP contribution in [0, 0.1) is 13.8 Å². The number of benzene rings is 1. The van der Waals surface area contributed by atoms with Gasteiger partial charge < -0.3 is 10.1 Å². The number of carbonyl (C=O) groups excluding carboxylic acids is 2. The molecule has 6 heteroatoms. The Morgan fingerprint density at radius 3 is 2.65 bits per heavy atom. The van der Waals surface area contributed by atoms with Crippen LogP contribution >= 0.6 is 0 Å². The predicted molar refractivity (Wildman–Crippen MR) is 77.8 cm³/mol. The third kappa shape index (κ3) is 5.09. The van der Waals surface area contributed by atoms with Gasteiger partial charge in [0, 0.05) is 11.4 Å². The summed E-state index contributed by atoms with van der Waals surface area (Å²) in [6.45, 7) is 5.54. The lowest BCUT2D eigenvalue weighted by Gasteiger charge is -2.09. The van der Waals surface area contributed by atoms with Crippen molar-refractivity contribution in [2.24, 2.45) is 5.10 Å². The van der Waals surface area contributed by atoms with Crippen LogP contribution in [-0.4, -0.2) is 24.8 Å². The number of hydrogen-bond donors (Lipinski definition) is 2. The number of aryl methyl sites for hydroxylation is 2. The lowest BCUT2D eigenvalue weighted by atomic mass is 10.1. The van der Waals surface area contributed by atoms with E-state index in [1.54, 1.807) is 6.92 Å². The molecule has 0 aromatic heterocycles. The van der Waals surface area contributed by atoms with E-state index in [1.165, 1.54) is 7.11 Å². The first-order chi connectivity index (χ1) is 9.42. The van der Waals surface area contributed by atoms with Crippen LogP contribution in [0.2, 0.25) is 0 Å². The van der Waals surface area contributed by atoms with Crippen molar-refractivity contribution in [3.8, 4) is 0 Å². The third-order valence-electron chi connectivity index (χ3n) is 2.61. The topological polar surface area (TPSA) is 79.8 Å². The van der Waals surface area contributed by atoms with Crippen molar-refractivity contribution in [3.63, 3.8) is 0 Å². The Balaban J connectivity index is 2.59. The molecule has 0 aliphatic rings. The van der Waals surface area contributed by atoms with E-state index in [4.69, 9.17) is 0 Å². The zero-order valence-electron chi connectivity index (χ0n) is 12.1. The zero-order chi connectivity index (χ0) is 15.1. The van der Waals surface area contributed by atoms with Crippen LogP contribution in [0.15, 0.2) is 23.3 Å². The molecule has 20 heavy (non-hydrogen) atoms. The first-order valence-electron chi connectivity index (χ1n) is 6.16. The first kappa shape index (κ1) is 15.7. The van der Waals surface area contributed by atoms with Crippen LogP contribution in [0.25, 0.3) is 0 Å². The predicted octanol–water partition coefficient (Wildman–Crippen LogP) is 2.36. The normalized spacial score (nSPS) is 10.9. The second kappa shape index (κ2) is 7.28. The van der Waals surface area contributed by atoms with Crippen molar-refractivity contribution in [2.75, 3.05) is 12.4 Å². The lowest BCUT2D eigenvalue weighted by molar-refractivity contribution is -0.115. The van der Waals surface area contributed by atoms with E-state index in [9.17, 15) is 9.59 Å². The smallest absolute Gasteiger partial charge is 0.427 e. The van der Waals surface area contributed by atoms with E-state index in [2.05, 4.69) is 20.6 Å². The molecule has 0 unspecified atom stereocenters. The lowest BCUT2D eigenvalue weighted by Crippen LogP contribution is -2.21. The molecule has 1 rings (SSSR count). The van der Waals surface area contributed by atoms with Crippen LogP contribution in [0.1, 0.15) is 24.5 Å². The summed E-state index contributed by atoms with van der Waals surface area (Å²) in [7, 11) is 1.24. The minimum atomic E-state index is -0.667. The summed E-state index contributed by atoms with van der Waals surface area (Å²) >= 11 is 0. The Labute approximate surface area is 118 Å². The van der Waals surface area contributed by atoms with Crippen LogP contribution in [0.4, 0.5) is 10.5 Å². The standard InChI is InChI=1S/C14H19N3O3/c1-9-5-6-10(2)12(7-9)15-13(18)8-11(3)16-17-14(19)20-4/h5-7H,8H2,1-4H3,(H,15,18)(H,17,19). The highest BCUT2D eigenvalue weighted by atomic mass is 16.5. The minimum absolute atomic E-state index is 0.0946. The number of carbonyl (C=O) groups is 2. The number of ether oxygens (including phenoxy) is 1. The third-order valence-corrected chi connectivity index (χ3v) is 2.61. The molecule has 0 heterocycles. The fraction of sp³-hybridized carbons (Fsp3) is 0.357. The molecule has 108 valence electrons. The Morgan fingerprint density at radius 1 is 1.30 bits per heavy atom. The van der Waals surface area contributed by atoms with Gasteiger partial charge in [0.15, 0.2) is 0 Å². The summed E-state index contributed by atoms with van der Waals surface area (Å²) < 4.78 is 4.37. The van der Waals surface area contributed by atoms with Crippen LogP contribution in [0.5, 0.6) is 0 Å². The molecule has 1 aromatic rings. The van der Waals surface area contributed by atoms with Crippen LogP contribution < -0.4 is 10.7 Å². The van der Waals surface area contributed by atoms with E-state index in [1.807, 2.05) is 32.0 Å². The van der Waals surface area contributed by atoms with Gasteiger partial charge in [-0.25, -0.2) is 10.2 Å². The summed E-state index contributed by atoms with van der Waals surface area (Å²) in [5.41, 5.74) is 5.50. The van der Waals surface area contributed by atoms with Gasteiger partial charge in [-0.3, -0.25) is 4.79 Å². The maximum atomic E-state index is 11.9. The van der Waals surface area contributed by atoms with Gasteiger partial charge in [-0.15, -0.1) is 0 Å². The summed E-state index contributed by atoms with van der Waals surface area (Å²) in [6, 6.07) is 5.84. The van der Waals surface area contributed by atoms with E-state index >= 15 is 0 Å². The summed E-state index contributed by atoms with van der Waals surface area (Å²) in [6.07, 6.45) is -0.573. The highest BCUT2D eigenvalue weighted by Gasteiger charge is 2.07. The molecular formula is C14H19N3O3. The average molecular weight is 277 g/mol. The van der Waals surface area contributed by atoms with Crippen molar-refractivity contribution < 1.29 is 14.3 Å². The van der Waals surface area contributed by atoms with Gasteiger partial charge in [-0.2, -0.15) is 5.10 Å². The highest BCUT2D eigenvalue weighted by Crippen LogP contribution is 2.16. The largest absolute Gasteiger partial charge is 0.452 e. The van der Waals surface area contributed by atoms with Crippen molar-refractivity contribution >= 4 is 23.4 Å². The monoisotopic (exact) mass is 277 g/mol. The molecule has 2 N–H and O–H groups in total. The van der Waals surface area contributed by atoms with E-state index in [-0.39, 0.29) is 12.3 Å². The number of anilines is 1. The van der Waals surface area contributed by atoms with Gasteiger partial charge in [0.25, 0.3) is 0 Å². The summed E-state index contributed by atoms with van der Waals surface area (Å²) in [4.78, 5) is 22.7. The van der Waals surface area contributed by atoms with Gasteiger partial charge >= 0.3 is 6.09 Å². The number of amides is 2. The second-order valence-electron chi connectivity index (χ2n) is 4.49. The number of rotatable bonds is 4. The maximum absolute atomic E-state index is 11.9. The Hall–Kier alpha value is -2.37. The van der Waals surface area contributed by atoms with Crippen molar-refractivity contribution in [2.45, 2.75) is 27.2 Å². The van der Waals surface area contributed by atoms with E-state index in [0.29, 0.717) is 5.71 Å². The summed E-state index contributed by atoms with van der Waals surface area (Å²) in [5, 5.41) is 6.57. The molecule has 6 nitrogen and oxygen atoms in total. The number of hydrazone groups is 1. The molecular weight excluding hydrogens is 258 g/mol. The molecule has 0 saturated carbocycles. The van der Waals surface area contributed by atoms with E-state index in [0.717, 1.165) is 16.8 Å². The molecule has 0 atom stereocenters. The zero-order valence-corrected chi connectivity index (χ0v) is 12.1. The SMILES string of the molecule is COC(=O)NN=C(C)CC(=O)Nc1cc(C)ccc1C. The molecule has 2 amide bonds. The second-order valence-corrected chi connectivity index (χ2v) is 4.49. The van der Waals surface area contributed by atoms with E-state index < -0.39 is 6.09 Å². The molecule has 0 fully saturated rings. The van der Waals surface area contributed by atoms with Crippen molar-refractivity contribution in [1.29, 1.82) is 0 Å². The van der Waals surface area contributed by atoms with Gasteiger partial charge in [0.2, 0.25) is 5.91 Å². The average Bonchev–Trinajstić information content (AvgIpc) is 2.40. The van der Waals surface area contributed by atoms with Crippen molar-refractivity contribution in [1.82, 2.24) is 5.43 Å². The van der Waals surface area contributed by atoms with Crippen LogP contribution in [0.3, 0.4) is 0 Å². The van der Waals surface area contributed by atoms with Gasteiger partial charge in [0.05, 0.1) is 13.5 Å². The summed E-state index contributed by atoms with van der Waals surface area (Å²) in [5.74, 6) is -0.188. The Bertz CT molecular complexity index is 538. The quantitative estimate of drug-likeness (QED) is 0.655. The van der Waals surface area contributed by atoms with Gasteiger partial charge in [0.1, 0.15) is 0 Å². The molecule has 1 aromatic carbocycles. The molecule has 0 aliphatic heterocycles. The Kier molecular flexibility index (Phi) is 5.71. The maximum Gasteiger partial charge on any atom is 0.427 e.